The number of benzene rings is 1. The van der Waals surface area contributed by atoms with Gasteiger partial charge in [-0.25, -0.2) is 0 Å². The number of ether oxygens (including phenoxy) is 1. The summed E-state index contributed by atoms with van der Waals surface area (Å²) in [5, 5.41) is 7.35. The molecule has 0 spiro atoms. The fourth-order valence-electron chi connectivity index (χ4n) is 2.02. The Bertz CT molecular complexity index is 638. The number of hydrogen-bond donors (Lipinski definition) is 2. The Morgan fingerprint density at radius 1 is 1.22 bits per heavy atom. The van der Waals surface area contributed by atoms with Crippen molar-refractivity contribution in [3.05, 3.63) is 52.2 Å². The summed E-state index contributed by atoms with van der Waals surface area (Å²) in [5.74, 6) is 0.393. The highest BCUT2D eigenvalue weighted by atomic mass is 32.1. The summed E-state index contributed by atoms with van der Waals surface area (Å²) in [5.41, 5.74) is 1.11. The molecule has 2 aromatic rings. The van der Waals surface area contributed by atoms with Gasteiger partial charge < -0.3 is 15.4 Å². The molecule has 1 heterocycles. The molecule has 0 aliphatic rings. The standard InChI is InChI=1S/C17H20N2O3S/c1-12(19-17(21)15-4-3-11-23-15)16(20)18-10-9-13-5-7-14(22-2)8-6-13/h3-8,11-12H,9-10H2,1-2H3,(H,18,20)(H,19,21). The van der Waals surface area contributed by atoms with Crippen LogP contribution in [0.5, 0.6) is 5.75 Å². The molecule has 0 aliphatic heterocycles. The number of carbonyl (C=O) groups excluding carboxylic acids is 2. The molecule has 2 N–H and O–H groups in total. The van der Waals surface area contributed by atoms with E-state index in [4.69, 9.17) is 4.74 Å². The Labute approximate surface area is 139 Å². The van der Waals surface area contributed by atoms with E-state index in [1.165, 1.54) is 11.3 Å². The van der Waals surface area contributed by atoms with Crippen LogP contribution >= 0.6 is 11.3 Å². The van der Waals surface area contributed by atoms with E-state index in [2.05, 4.69) is 10.6 Å². The molecule has 5 nitrogen and oxygen atoms in total. The minimum absolute atomic E-state index is 0.191. The van der Waals surface area contributed by atoms with Gasteiger partial charge in [-0.2, -0.15) is 0 Å². The van der Waals surface area contributed by atoms with Gasteiger partial charge in [-0.1, -0.05) is 18.2 Å². The van der Waals surface area contributed by atoms with Crippen LogP contribution in [0.1, 0.15) is 22.2 Å². The van der Waals surface area contributed by atoms with Crippen molar-refractivity contribution in [1.29, 1.82) is 0 Å². The van der Waals surface area contributed by atoms with Crippen molar-refractivity contribution in [3.63, 3.8) is 0 Å². The number of hydrogen-bond acceptors (Lipinski definition) is 4. The molecule has 23 heavy (non-hydrogen) atoms. The molecule has 0 radical (unpaired) electrons. The van der Waals surface area contributed by atoms with Crippen LogP contribution in [0.25, 0.3) is 0 Å². The van der Waals surface area contributed by atoms with Crippen molar-refractivity contribution in [2.45, 2.75) is 19.4 Å². The predicted molar refractivity (Wildman–Crippen MR) is 91.0 cm³/mol. The summed E-state index contributed by atoms with van der Waals surface area (Å²) in [4.78, 5) is 24.5. The lowest BCUT2D eigenvalue weighted by Crippen LogP contribution is -2.45. The highest BCUT2D eigenvalue weighted by molar-refractivity contribution is 7.12. The van der Waals surface area contributed by atoms with Crippen molar-refractivity contribution in [3.8, 4) is 5.75 Å². The summed E-state index contributed by atoms with van der Waals surface area (Å²) in [6.07, 6.45) is 0.724. The highest BCUT2D eigenvalue weighted by Crippen LogP contribution is 2.11. The van der Waals surface area contributed by atoms with Crippen LogP contribution in [0.15, 0.2) is 41.8 Å². The molecule has 0 saturated heterocycles. The minimum Gasteiger partial charge on any atom is -0.497 e. The number of rotatable bonds is 7. The zero-order valence-corrected chi connectivity index (χ0v) is 14.0. The van der Waals surface area contributed by atoms with Gasteiger partial charge in [0, 0.05) is 6.54 Å². The zero-order chi connectivity index (χ0) is 16.7. The van der Waals surface area contributed by atoms with Gasteiger partial charge in [-0.05, 0) is 42.5 Å². The number of thiophene rings is 1. The fraction of sp³-hybridized carbons (Fsp3) is 0.294. The molecular formula is C17H20N2O3S. The number of methoxy groups -OCH3 is 1. The molecule has 2 amide bonds. The van der Waals surface area contributed by atoms with E-state index in [-0.39, 0.29) is 11.8 Å². The summed E-state index contributed by atoms with van der Waals surface area (Å²) >= 11 is 1.35. The maximum Gasteiger partial charge on any atom is 0.261 e. The molecule has 6 heteroatoms. The molecule has 0 fully saturated rings. The number of amides is 2. The highest BCUT2D eigenvalue weighted by Gasteiger charge is 2.16. The third-order valence-electron chi connectivity index (χ3n) is 3.36. The molecule has 122 valence electrons. The van der Waals surface area contributed by atoms with Gasteiger partial charge in [0.1, 0.15) is 11.8 Å². The normalized spacial score (nSPS) is 11.6. The lowest BCUT2D eigenvalue weighted by Gasteiger charge is -2.13. The second-order valence-electron chi connectivity index (χ2n) is 5.06. The maximum absolute atomic E-state index is 12.0. The van der Waals surface area contributed by atoms with E-state index in [0.717, 1.165) is 17.7 Å². The van der Waals surface area contributed by atoms with Gasteiger partial charge >= 0.3 is 0 Å². The first-order chi connectivity index (χ1) is 11.1. The second kappa shape index (κ2) is 8.33. The molecule has 0 saturated carbocycles. The van der Waals surface area contributed by atoms with E-state index < -0.39 is 6.04 Å². The smallest absolute Gasteiger partial charge is 0.261 e. The van der Waals surface area contributed by atoms with Crippen molar-refractivity contribution in [2.24, 2.45) is 0 Å². The van der Waals surface area contributed by atoms with Crippen molar-refractivity contribution >= 4 is 23.2 Å². The second-order valence-corrected chi connectivity index (χ2v) is 6.01. The van der Waals surface area contributed by atoms with Crippen LogP contribution in [0, 0.1) is 0 Å². The monoisotopic (exact) mass is 332 g/mol. The summed E-state index contributed by atoms with van der Waals surface area (Å²) in [7, 11) is 1.63. The van der Waals surface area contributed by atoms with E-state index in [9.17, 15) is 9.59 Å². The van der Waals surface area contributed by atoms with Crippen LogP contribution < -0.4 is 15.4 Å². The molecule has 1 aromatic heterocycles. The van der Waals surface area contributed by atoms with Crippen molar-refractivity contribution < 1.29 is 14.3 Å². The maximum atomic E-state index is 12.0. The van der Waals surface area contributed by atoms with Gasteiger partial charge in [-0.3, -0.25) is 9.59 Å². The molecular weight excluding hydrogens is 312 g/mol. The van der Waals surface area contributed by atoms with E-state index >= 15 is 0 Å². The lowest BCUT2D eigenvalue weighted by molar-refractivity contribution is -0.122. The zero-order valence-electron chi connectivity index (χ0n) is 13.2. The van der Waals surface area contributed by atoms with Crippen molar-refractivity contribution in [1.82, 2.24) is 10.6 Å². The minimum atomic E-state index is -0.569. The van der Waals surface area contributed by atoms with Crippen molar-refractivity contribution in [2.75, 3.05) is 13.7 Å². The SMILES string of the molecule is COc1ccc(CCNC(=O)C(C)NC(=O)c2cccs2)cc1. The Morgan fingerprint density at radius 2 is 1.96 bits per heavy atom. The Morgan fingerprint density at radius 3 is 2.57 bits per heavy atom. The van der Waals surface area contributed by atoms with Crippen LogP contribution in [0.2, 0.25) is 0 Å². The van der Waals surface area contributed by atoms with E-state index in [1.807, 2.05) is 29.6 Å². The predicted octanol–water partition coefficient (Wildman–Crippen LogP) is 2.23. The van der Waals surface area contributed by atoms with Crippen LogP contribution in [-0.4, -0.2) is 31.5 Å². The van der Waals surface area contributed by atoms with Gasteiger partial charge in [-0.15, -0.1) is 11.3 Å². The van der Waals surface area contributed by atoms with Crippen LogP contribution in [0.4, 0.5) is 0 Å². The van der Waals surface area contributed by atoms with E-state index in [0.29, 0.717) is 11.4 Å². The third-order valence-corrected chi connectivity index (χ3v) is 4.23. The quantitative estimate of drug-likeness (QED) is 0.817. The summed E-state index contributed by atoms with van der Waals surface area (Å²) in [6.45, 7) is 2.19. The molecule has 0 aliphatic carbocycles. The van der Waals surface area contributed by atoms with Gasteiger partial charge in [0.15, 0.2) is 0 Å². The Hall–Kier alpha value is -2.34. The summed E-state index contributed by atoms with van der Waals surface area (Å²) < 4.78 is 5.10. The molecule has 1 aromatic carbocycles. The largest absolute Gasteiger partial charge is 0.497 e. The lowest BCUT2D eigenvalue weighted by atomic mass is 10.1. The van der Waals surface area contributed by atoms with Gasteiger partial charge in [0.05, 0.1) is 12.0 Å². The number of nitrogens with one attached hydrogen (secondary N) is 2. The van der Waals surface area contributed by atoms with E-state index in [1.54, 1.807) is 26.2 Å². The molecule has 2 rings (SSSR count). The van der Waals surface area contributed by atoms with Crippen LogP contribution in [0.3, 0.4) is 0 Å². The Balaban J connectivity index is 1.74. The third kappa shape index (κ3) is 5.10. The van der Waals surface area contributed by atoms with Gasteiger partial charge in [0.25, 0.3) is 5.91 Å². The molecule has 1 atom stereocenters. The van der Waals surface area contributed by atoms with Crippen LogP contribution in [-0.2, 0) is 11.2 Å². The summed E-state index contributed by atoms with van der Waals surface area (Å²) in [6, 6.07) is 10.7. The first kappa shape index (κ1) is 17.0. The first-order valence-electron chi connectivity index (χ1n) is 7.35. The molecule has 0 bridgehead atoms. The average molecular weight is 332 g/mol. The fourth-order valence-corrected chi connectivity index (χ4v) is 2.64. The average Bonchev–Trinajstić information content (AvgIpc) is 3.10. The Kier molecular flexibility index (Phi) is 6.17. The van der Waals surface area contributed by atoms with Gasteiger partial charge in [0.2, 0.25) is 5.91 Å². The molecule has 1 unspecified atom stereocenters. The first-order valence-corrected chi connectivity index (χ1v) is 8.23. The topological polar surface area (TPSA) is 67.4 Å². The number of carbonyl (C=O) groups is 2.